The monoisotopic (exact) mass is 456 g/mol. The minimum Gasteiger partial charge on any atom is -0.355 e. The highest BCUT2D eigenvalue weighted by Gasteiger charge is 2.29. The Kier molecular flexibility index (Phi) is 9.45. The Balaban J connectivity index is 1.86. The van der Waals surface area contributed by atoms with Gasteiger partial charge in [-0.3, -0.25) is 9.59 Å². The first kappa shape index (κ1) is 25.2. The second kappa shape index (κ2) is 12.7. The molecule has 3 rings (SSSR count). The minimum absolute atomic E-state index is 0.00624. The van der Waals surface area contributed by atoms with Gasteiger partial charge in [-0.25, -0.2) is 0 Å². The molecule has 0 aliphatic heterocycles. The van der Waals surface area contributed by atoms with E-state index in [4.69, 9.17) is 0 Å². The van der Waals surface area contributed by atoms with Crippen LogP contribution in [0.3, 0.4) is 0 Å². The molecule has 3 aromatic carbocycles. The largest absolute Gasteiger partial charge is 0.355 e. The van der Waals surface area contributed by atoms with Crippen LogP contribution in [0, 0.1) is 6.92 Å². The lowest BCUT2D eigenvalue weighted by molar-refractivity contribution is -0.141. The van der Waals surface area contributed by atoms with Gasteiger partial charge >= 0.3 is 0 Å². The van der Waals surface area contributed by atoms with Crippen molar-refractivity contribution in [1.29, 1.82) is 0 Å². The molecule has 0 unspecified atom stereocenters. The summed E-state index contributed by atoms with van der Waals surface area (Å²) in [5.41, 5.74) is 5.63. The van der Waals surface area contributed by atoms with Crippen molar-refractivity contribution >= 4 is 11.8 Å². The number of carbonyl (C=O) groups is 2. The second-order valence-corrected chi connectivity index (χ2v) is 8.78. The molecule has 0 aliphatic rings. The van der Waals surface area contributed by atoms with Gasteiger partial charge in [0.15, 0.2) is 0 Å². The van der Waals surface area contributed by atoms with E-state index in [1.54, 1.807) is 4.90 Å². The lowest BCUT2D eigenvalue weighted by Crippen LogP contribution is -2.50. The Morgan fingerprint density at radius 2 is 1.50 bits per heavy atom. The second-order valence-electron chi connectivity index (χ2n) is 8.78. The predicted molar refractivity (Wildman–Crippen MR) is 138 cm³/mol. The minimum atomic E-state index is -0.571. The van der Waals surface area contributed by atoms with Gasteiger partial charge in [-0.05, 0) is 48.9 Å². The Morgan fingerprint density at radius 3 is 2.15 bits per heavy atom. The van der Waals surface area contributed by atoms with Crippen LogP contribution >= 0.6 is 0 Å². The fourth-order valence-electron chi connectivity index (χ4n) is 4.19. The van der Waals surface area contributed by atoms with E-state index in [0.29, 0.717) is 32.4 Å². The van der Waals surface area contributed by atoms with Gasteiger partial charge in [0.2, 0.25) is 11.8 Å². The predicted octanol–water partition coefficient (Wildman–Crippen LogP) is 5.27. The summed E-state index contributed by atoms with van der Waals surface area (Å²) >= 11 is 0. The van der Waals surface area contributed by atoms with E-state index in [0.717, 1.165) is 28.7 Å². The molecule has 0 fully saturated rings. The third-order valence-corrected chi connectivity index (χ3v) is 6.12. The fraction of sp³-hybridized carbons (Fsp3) is 0.333. The Bertz CT molecular complexity index is 1060. The number of nitrogens with zero attached hydrogens (tertiary/aromatic N) is 1. The number of amides is 2. The lowest BCUT2D eigenvalue weighted by Gasteiger charge is -2.31. The van der Waals surface area contributed by atoms with E-state index in [2.05, 4.69) is 42.6 Å². The summed E-state index contributed by atoms with van der Waals surface area (Å²) in [5, 5.41) is 2.95. The number of aryl methyl sites for hydroxylation is 3. The van der Waals surface area contributed by atoms with Gasteiger partial charge < -0.3 is 10.2 Å². The molecule has 1 N–H and O–H groups in total. The lowest BCUT2D eigenvalue weighted by atomic mass is 10.0. The summed E-state index contributed by atoms with van der Waals surface area (Å²) in [5.74, 6) is -0.118. The van der Waals surface area contributed by atoms with Crippen molar-refractivity contribution < 1.29 is 9.59 Å². The zero-order chi connectivity index (χ0) is 24.3. The first-order valence-electron chi connectivity index (χ1n) is 12.2. The van der Waals surface area contributed by atoms with Gasteiger partial charge in [-0.1, -0.05) is 91.3 Å². The van der Waals surface area contributed by atoms with Gasteiger partial charge in [-0.2, -0.15) is 0 Å². The number of hydrogen-bond acceptors (Lipinski definition) is 2. The number of hydrogen-bond donors (Lipinski definition) is 1. The molecule has 0 radical (unpaired) electrons. The third kappa shape index (κ3) is 7.31. The highest BCUT2D eigenvalue weighted by atomic mass is 16.2. The maximum atomic E-state index is 13.6. The number of nitrogens with one attached hydrogen (secondary N) is 1. The van der Waals surface area contributed by atoms with Crippen LogP contribution in [0.5, 0.6) is 0 Å². The van der Waals surface area contributed by atoms with Gasteiger partial charge in [0.05, 0.1) is 0 Å². The summed E-state index contributed by atoms with van der Waals surface area (Å²) in [7, 11) is 0. The molecular formula is C30H36N2O2. The highest BCUT2D eigenvalue weighted by Crippen LogP contribution is 2.18. The molecule has 0 aromatic heterocycles. The molecule has 0 bridgehead atoms. The molecule has 0 saturated heterocycles. The van der Waals surface area contributed by atoms with Crippen molar-refractivity contribution in [2.24, 2.45) is 0 Å². The average Bonchev–Trinajstić information content (AvgIpc) is 2.85. The van der Waals surface area contributed by atoms with Crippen molar-refractivity contribution in [2.45, 2.75) is 59.0 Å². The van der Waals surface area contributed by atoms with E-state index in [9.17, 15) is 9.59 Å². The number of rotatable bonds is 11. The molecular weight excluding hydrogens is 420 g/mol. The summed E-state index contributed by atoms with van der Waals surface area (Å²) in [6.45, 7) is 7.02. The Hall–Kier alpha value is -3.40. The number of carbonyl (C=O) groups excluding carboxylic acids is 2. The van der Waals surface area contributed by atoms with Crippen molar-refractivity contribution in [3.8, 4) is 0 Å². The van der Waals surface area contributed by atoms with Crippen molar-refractivity contribution in [3.05, 3.63) is 107 Å². The third-order valence-electron chi connectivity index (χ3n) is 6.12. The van der Waals surface area contributed by atoms with Crippen molar-refractivity contribution in [3.63, 3.8) is 0 Å². The molecule has 3 aromatic rings. The first-order chi connectivity index (χ1) is 16.5. The maximum absolute atomic E-state index is 13.6. The zero-order valence-electron chi connectivity index (χ0n) is 20.6. The van der Waals surface area contributed by atoms with Gasteiger partial charge in [0, 0.05) is 25.9 Å². The zero-order valence-corrected chi connectivity index (χ0v) is 20.6. The van der Waals surface area contributed by atoms with E-state index >= 15 is 0 Å². The molecule has 4 nitrogen and oxygen atoms in total. The molecule has 0 spiro atoms. The van der Waals surface area contributed by atoms with E-state index in [1.807, 2.05) is 62.4 Å². The van der Waals surface area contributed by atoms with Crippen LogP contribution in [0.1, 0.15) is 48.1 Å². The molecule has 178 valence electrons. The molecule has 0 heterocycles. The standard InChI is InChI=1S/C30H36N2O2/c1-4-24-14-16-25(17-15-24)18-19-29(33)32(22-27-13-9-10-23(3)20-27)28(30(34)31-5-2)21-26-11-7-6-8-12-26/h6-17,20,28H,4-5,18-19,21-22H2,1-3H3,(H,31,34)/t28-/m0/s1. The SMILES string of the molecule is CCNC(=O)[C@H](Cc1ccccc1)N(Cc1cccc(C)c1)C(=O)CCc1ccc(CC)cc1. The Labute approximate surface area is 204 Å². The molecule has 1 atom stereocenters. The van der Waals surface area contributed by atoms with Crippen LogP contribution < -0.4 is 5.32 Å². The highest BCUT2D eigenvalue weighted by molar-refractivity contribution is 5.88. The van der Waals surface area contributed by atoms with Crippen LogP contribution in [0.15, 0.2) is 78.9 Å². The Morgan fingerprint density at radius 1 is 0.824 bits per heavy atom. The quantitative estimate of drug-likeness (QED) is 0.428. The topological polar surface area (TPSA) is 49.4 Å². The van der Waals surface area contributed by atoms with Crippen molar-refractivity contribution in [2.75, 3.05) is 6.54 Å². The fourth-order valence-corrected chi connectivity index (χ4v) is 4.19. The van der Waals surface area contributed by atoms with E-state index in [1.165, 1.54) is 5.56 Å². The van der Waals surface area contributed by atoms with Gasteiger partial charge in [0.25, 0.3) is 0 Å². The maximum Gasteiger partial charge on any atom is 0.243 e. The van der Waals surface area contributed by atoms with Crippen molar-refractivity contribution in [1.82, 2.24) is 10.2 Å². The molecule has 2 amide bonds. The van der Waals surface area contributed by atoms with Crippen LogP contribution in [0.4, 0.5) is 0 Å². The van der Waals surface area contributed by atoms with Crippen LogP contribution in [-0.4, -0.2) is 29.3 Å². The summed E-state index contributed by atoms with van der Waals surface area (Å²) < 4.78 is 0. The normalized spacial score (nSPS) is 11.6. The van der Waals surface area contributed by atoms with Gasteiger partial charge in [-0.15, -0.1) is 0 Å². The van der Waals surface area contributed by atoms with Crippen LogP contribution in [0.25, 0.3) is 0 Å². The van der Waals surface area contributed by atoms with Crippen LogP contribution in [0.2, 0.25) is 0 Å². The van der Waals surface area contributed by atoms with Crippen LogP contribution in [-0.2, 0) is 35.4 Å². The number of benzene rings is 3. The summed E-state index contributed by atoms with van der Waals surface area (Å²) in [4.78, 5) is 28.6. The molecule has 34 heavy (non-hydrogen) atoms. The average molecular weight is 457 g/mol. The smallest absolute Gasteiger partial charge is 0.243 e. The van der Waals surface area contributed by atoms with Gasteiger partial charge in [0.1, 0.15) is 6.04 Å². The number of likely N-dealkylation sites (N-methyl/N-ethyl adjacent to an activating group) is 1. The molecule has 0 saturated carbocycles. The molecule has 4 heteroatoms. The van der Waals surface area contributed by atoms with E-state index < -0.39 is 6.04 Å². The van der Waals surface area contributed by atoms with E-state index in [-0.39, 0.29) is 11.8 Å². The summed E-state index contributed by atoms with van der Waals surface area (Å²) in [6.07, 6.45) is 2.50. The summed E-state index contributed by atoms with van der Waals surface area (Å²) in [6, 6.07) is 25.9. The first-order valence-corrected chi connectivity index (χ1v) is 12.2. The molecule has 0 aliphatic carbocycles.